The zero-order valence-corrected chi connectivity index (χ0v) is 17.3. The molecule has 156 valence electrons. The summed E-state index contributed by atoms with van der Waals surface area (Å²) in [4.78, 5) is 0. The van der Waals surface area contributed by atoms with Crippen molar-refractivity contribution in [2.75, 3.05) is 6.26 Å². The van der Waals surface area contributed by atoms with E-state index in [1.807, 2.05) is 0 Å². The standard InChI is InChI=1S/C19H38O6S/c1-3-4-5-6-7-8-9-10-11-12-13-14-15-16-17(20)18(19(21)24-16)25-26(2,22)23/h16-21H,3-15H2,1-2H3/t16-,17-,18+,19?/m1/s1. The van der Waals surface area contributed by atoms with Gasteiger partial charge >= 0.3 is 0 Å². The molecule has 1 saturated heterocycles. The van der Waals surface area contributed by atoms with Crippen LogP contribution in [0.5, 0.6) is 0 Å². The third-order valence-electron chi connectivity index (χ3n) is 4.94. The summed E-state index contributed by atoms with van der Waals surface area (Å²) in [5, 5.41) is 19.8. The molecule has 4 atom stereocenters. The lowest BCUT2D eigenvalue weighted by molar-refractivity contribution is -0.121. The molecule has 0 amide bonds. The summed E-state index contributed by atoms with van der Waals surface area (Å²) < 4.78 is 32.3. The highest BCUT2D eigenvalue weighted by Crippen LogP contribution is 2.27. The van der Waals surface area contributed by atoms with E-state index in [1.54, 1.807) is 0 Å². The molecule has 2 N–H and O–H groups in total. The fraction of sp³-hybridized carbons (Fsp3) is 1.00. The molecule has 1 rings (SSSR count). The third kappa shape index (κ3) is 10.2. The number of aliphatic hydroxyl groups is 2. The Labute approximate surface area is 159 Å². The minimum Gasteiger partial charge on any atom is -0.387 e. The molecule has 1 heterocycles. The SMILES string of the molecule is CCCCCCCCCCCCCC[C@H]1OC(O)[C@@H](OS(C)(=O)=O)[C@@H]1O. The zero-order valence-electron chi connectivity index (χ0n) is 16.4. The first-order chi connectivity index (χ1) is 12.3. The van der Waals surface area contributed by atoms with Gasteiger partial charge in [-0.1, -0.05) is 84.0 Å². The Balaban J connectivity index is 2.01. The second-order valence-corrected chi connectivity index (χ2v) is 9.10. The minimum atomic E-state index is -3.74. The first-order valence-electron chi connectivity index (χ1n) is 10.2. The van der Waals surface area contributed by atoms with Crippen LogP contribution in [0, 0.1) is 0 Å². The maximum absolute atomic E-state index is 11.2. The van der Waals surface area contributed by atoms with E-state index in [-0.39, 0.29) is 0 Å². The fourth-order valence-corrected chi connectivity index (χ4v) is 4.06. The number of hydrogen-bond acceptors (Lipinski definition) is 6. The molecule has 0 radical (unpaired) electrons. The van der Waals surface area contributed by atoms with Crippen molar-refractivity contribution in [1.29, 1.82) is 0 Å². The third-order valence-corrected chi connectivity index (χ3v) is 5.51. The van der Waals surface area contributed by atoms with Gasteiger partial charge in [-0.2, -0.15) is 8.42 Å². The second-order valence-electron chi connectivity index (χ2n) is 7.50. The van der Waals surface area contributed by atoms with Crippen molar-refractivity contribution in [2.45, 2.75) is 115 Å². The number of unbranched alkanes of at least 4 members (excludes halogenated alkanes) is 11. The van der Waals surface area contributed by atoms with Crippen LogP contribution < -0.4 is 0 Å². The first kappa shape index (κ1) is 23.8. The molecule has 0 aromatic rings. The molecule has 1 aliphatic heterocycles. The van der Waals surface area contributed by atoms with Gasteiger partial charge in [0.15, 0.2) is 12.4 Å². The van der Waals surface area contributed by atoms with Crippen LogP contribution in [0.2, 0.25) is 0 Å². The fourth-order valence-electron chi connectivity index (χ4n) is 3.45. The molecule has 1 fully saturated rings. The maximum Gasteiger partial charge on any atom is 0.264 e. The highest BCUT2D eigenvalue weighted by molar-refractivity contribution is 7.86. The molecule has 6 nitrogen and oxygen atoms in total. The van der Waals surface area contributed by atoms with Gasteiger partial charge in [-0.3, -0.25) is 4.18 Å². The highest BCUT2D eigenvalue weighted by atomic mass is 32.2. The van der Waals surface area contributed by atoms with Crippen LogP contribution in [-0.4, -0.2) is 49.5 Å². The van der Waals surface area contributed by atoms with Crippen LogP contribution >= 0.6 is 0 Å². The highest BCUT2D eigenvalue weighted by Gasteiger charge is 2.45. The Morgan fingerprint density at radius 2 is 1.31 bits per heavy atom. The summed E-state index contributed by atoms with van der Waals surface area (Å²) in [5.74, 6) is 0. The van der Waals surface area contributed by atoms with E-state index in [4.69, 9.17) is 8.92 Å². The predicted molar refractivity (Wildman–Crippen MR) is 102 cm³/mol. The van der Waals surface area contributed by atoms with Gasteiger partial charge in [0.1, 0.15) is 6.10 Å². The largest absolute Gasteiger partial charge is 0.387 e. The van der Waals surface area contributed by atoms with Crippen LogP contribution in [0.25, 0.3) is 0 Å². The molecule has 26 heavy (non-hydrogen) atoms. The molecular weight excluding hydrogens is 356 g/mol. The molecule has 0 spiro atoms. The van der Waals surface area contributed by atoms with E-state index in [0.29, 0.717) is 6.42 Å². The van der Waals surface area contributed by atoms with E-state index in [9.17, 15) is 18.6 Å². The average Bonchev–Trinajstić information content (AvgIpc) is 2.82. The Hall–Kier alpha value is -0.210. The quantitative estimate of drug-likeness (QED) is 0.326. The van der Waals surface area contributed by atoms with Gasteiger partial charge in [-0.25, -0.2) is 0 Å². The van der Waals surface area contributed by atoms with Crippen molar-refractivity contribution in [3.05, 3.63) is 0 Å². The molecule has 0 aliphatic carbocycles. The summed E-state index contributed by atoms with van der Waals surface area (Å²) in [5.41, 5.74) is 0. The smallest absolute Gasteiger partial charge is 0.264 e. The van der Waals surface area contributed by atoms with Crippen molar-refractivity contribution in [2.24, 2.45) is 0 Å². The van der Waals surface area contributed by atoms with Crippen molar-refractivity contribution < 1.29 is 27.6 Å². The van der Waals surface area contributed by atoms with Crippen LogP contribution in [-0.2, 0) is 19.0 Å². The molecule has 0 saturated carbocycles. The molecule has 1 aliphatic rings. The van der Waals surface area contributed by atoms with Crippen molar-refractivity contribution in [3.63, 3.8) is 0 Å². The molecule has 1 unspecified atom stereocenters. The summed E-state index contributed by atoms with van der Waals surface area (Å²) in [7, 11) is -3.74. The Kier molecular flexibility index (Phi) is 12.0. The van der Waals surface area contributed by atoms with Gasteiger partial charge in [0, 0.05) is 0 Å². The normalized spacial score (nSPS) is 26.5. The van der Waals surface area contributed by atoms with Crippen molar-refractivity contribution in [1.82, 2.24) is 0 Å². The first-order valence-corrected chi connectivity index (χ1v) is 12.1. The average molecular weight is 395 g/mol. The van der Waals surface area contributed by atoms with E-state index in [0.717, 1.165) is 25.5 Å². The molecule has 0 bridgehead atoms. The lowest BCUT2D eigenvalue weighted by Gasteiger charge is -2.16. The summed E-state index contributed by atoms with van der Waals surface area (Å²) in [6, 6.07) is 0. The van der Waals surface area contributed by atoms with Crippen LogP contribution in [0.1, 0.15) is 90.4 Å². The molecular formula is C19H38O6S. The molecule has 0 aromatic carbocycles. The number of rotatable bonds is 15. The van der Waals surface area contributed by atoms with Gasteiger partial charge in [0.25, 0.3) is 10.1 Å². The number of aliphatic hydroxyl groups excluding tert-OH is 2. The Morgan fingerprint density at radius 1 is 0.846 bits per heavy atom. The second kappa shape index (κ2) is 13.0. The van der Waals surface area contributed by atoms with E-state index in [2.05, 4.69) is 6.92 Å². The van der Waals surface area contributed by atoms with Gasteiger partial charge in [-0.15, -0.1) is 0 Å². The van der Waals surface area contributed by atoms with Crippen LogP contribution in [0.3, 0.4) is 0 Å². The lowest BCUT2D eigenvalue weighted by Crippen LogP contribution is -2.36. The molecule has 7 heteroatoms. The van der Waals surface area contributed by atoms with E-state index in [1.165, 1.54) is 57.8 Å². The van der Waals surface area contributed by atoms with Crippen molar-refractivity contribution in [3.8, 4) is 0 Å². The monoisotopic (exact) mass is 394 g/mol. The summed E-state index contributed by atoms with van der Waals surface area (Å²) >= 11 is 0. The van der Waals surface area contributed by atoms with Crippen LogP contribution in [0.15, 0.2) is 0 Å². The maximum atomic E-state index is 11.2. The zero-order chi connectivity index (χ0) is 19.4. The summed E-state index contributed by atoms with van der Waals surface area (Å²) in [6.45, 7) is 2.24. The van der Waals surface area contributed by atoms with Gasteiger partial charge in [0.05, 0.1) is 12.4 Å². The number of hydrogen-bond donors (Lipinski definition) is 2. The summed E-state index contributed by atoms with van der Waals surface area (Å²) in [6.07, 6.45) is 12.2. The number of ether oxygens (including phenoxy) is 1. The van der Waals surface area contributed by atoms with E-state index >= 15 is 0 Å². The van der Waals surface area contributed by atoms with Gasteiger partial charge in [-0.05, 0) is 6.42 Å². The lowest BCUT2D eigenvalue weighted by atomic mass is 10.0. The van der Waals surface area contributed by atoms with Gasteiger partial charge in [0.2, 0.25) is 0 Å². The topological polar surface area (TPSA) is 93.1 Å². The minimum absolute atomic E-state index is 0.570. The Bertz CT molecular complexity index is 453. The van der Waals surface area contributed by atoms with Gasteiger partial charge < -0.3 is 14.9 Å². The van der Waals surface area contributed by atoms with Crippen LogP contribution in [0.4, 0.5) is 0 Å². The van der Waals surface area contributed by atoms with E-state index < -0.39 is 34.7 Å². The molecule has 0 aromatic heterocycles. The predicted octanol–water partition coefficient (Wildman–Crippen LogP) is 3.50. The Morgan fingerprint density at radius 3 is 1.77 bits per heavy atom. The van der Waals surface area contributed by atoms with Crippen molar-refractivity contribution >= 4 is 10.1 Å².